The van der Waals surface area contributed by atoms with Crippen LogP contribution in [0.3, 0.4) is 0 Å². The second-order valence-electron chi connectivity index (χ2n) is 9.32. The fraction of sp³-hybridized carbons (Fsp3) is 0.357. The molecule has 5 rings (SSSR count). The second kappa shape index (κ2) is 8.51. The molecule has 1 N–H and O–H groups in total. The average Bonchev–Trinajstić information content (AvgIpc) is 3.69. The Morgan fingerprint density at radius 2 is 1.59 bits per heavy atom. The molecule has 3 aromatic rings. The summed E-state index contributed by atoms with van der Waals surface area (Å²) >= 11 is 0. The molecule has 0 aliphatic heterocycles. The Labute approximate surface area is 189 Å². The molecular weight excluding hydrogens is 398 g/mol. The molecule has 1 heterocycles. The molecule has 32 heavy (non-hydrogen) atoms. The highest BCUT2D eigenvalue weighted by Crippen LogP contribution is 2.50. The minimum absolute atomic E-state index is 0.427. The van der Waals surface area contributed by atoms with Crippen LogP contribution in [0.2, 0.25) is 0 Å². The third-order valence-corrected chi connectivity index (χ3v) is 7.35. The summed E-state index contributed by atoms with van der Waals surface area (Å²) in [6.45, 7) is 0.760. The van der Waals surface area contributed by atoms with E-state index in [1.807, 2.05) is 42.6 Å². The number of rotatable bonds is 7. The van der Waals surface area contributed by atoms with Crippen LogP contribution in [0.15, 0.2) is 79.1 Å². The van der Waals surface area contributed by atoms with Gasteiger partial charge in [0.1, 0.15) is 0 Å². The Morgan fingerprint density at radius 3 is 2.19 bits per heavy atom. The van der Waals surface area contributed by atoms with Gasteiger partial charge in [-0.05, 0) is 72.8 Å². The average molecular weight is 428 g/mol. The Hall–Kier alpha value is -2.98. The van der Waals surface area contributed by atoms with Gasteiger partial charge >= 0.3 is 5.97 Å². The maximum Gasteiger partial charge on any atom is 0.314 e. The number of ether oxygens (including phenoxy) is 1. The van der Waals surface area contributed by atoms with Gasteiger partial charge in [0.25, 0.3) is 0 Å². The van der Waals surface area contributed by atoms with Crippen LogP contribution in [0.5, 0.6) is 0 Å². The molecule has 0 bridgehead atoms. The maximum atomic E-state index is 12.5. The molecule has 0 radical (unpaired) electrons. The Balaban J connectivity index is 1.44. The lowest BCUT2D eigenvalue weighted by Crippen LogP contribution is -2.46. The summed E-state index contributed by atoms with van der Waals surface area (Å²) in [6.07, 6.45) is 8.67. The highest BCUT2D eigenvalue weighted by Gasteiger charge is 2.50. The van der Waals surface area contributed by atoms with Crippen LogP contribution in [0.4, 0.5) is 0 Å². The summed E-state index contributed by atoms with van der Waals surface area (Å²) in [7, 11) is 0. The standard InChI is InChI=1S/C28H29NO3/c30-26(31)27(24-6-2-1-3-7-24)14-16-28(17-15-27,32-20-21-8-9-21)25-12-10-22(11-13-25)23-5-4-18-29-19-23/h1-7,10-13,18-19,21H,8-9,14-17,20H2,(H,30,31). The van der Waals surface area contributed by atoms with E-state index in [-0.39, 0.29) is 0 Å². The van der Waals surface area contributed by atoms with Crippen LogP contribution >= 0.6 is 0 Å². The molecule has 4 nitrogen and oxygen atoms in total. The minimum Gasteiger partial charge on any atom is -0.481 e. The van der Waals surface area contributed by atoms with Gasteiger partial charge < -0.3 is 9.84 Å². The fourth-order valence-corrected chi connectivity index (χ4v) is 5.04. The SMILES string of the molecule is O=C(O)C1(c2ccccc2)CCC(OCC2CC2)(c2ccc(-c3cccnc3)cc2)CC1. The van der Waals surface area contributed by atoms with Crippen molar-refractivity contribution in [3.05, 3.63) is 90.3 Å². The lowest BCUT2D eigenvalue weighted by atomic mass is 9.63. The van der Waals surface area contributed by atoms with Gasteiger partial charge in [-0.3, -0.25) is 9.78 Å². The lowest BCUT2D eigenvalue weighted by molar-refractivity contribution is -0.151. The quantitative estimate of drug-likeness (QED) is 0.505. The zero-order valence-electron chi connectivity index (χ0n) is 18.2. The van der Waals surface area contributed by atoms with E-state index in [4.69, 9.17) is 4.74 Å². The number of benzene rings is 2. The van der Waals surface area contributed by atoms with Gasteiger partial charge in [-0.1, -0.05) is 60.7 Å². The van der Waals surface area contributed by atoms with E-state index in [0.717, 1.165) is 28.9 Å². The third kappa shape index (κ3) is 3.95. The largest absolute Gasteiger partial charge is 0.481 e. The second-order valence-corrected chi connectivity index (χ2v) is 9.32. The first-order valence-electron chi connectivity index (χ1n) is 11.6. The predicted octanol–water partition coefficient (Wildman–Crippen LogP) is 5.97. The molecular formula is C28H29NO3. The van der Waals surface area contributed by atoms with Crippen LogP contribution in [0.25, 0.3) is 11.1 Å². The van der Waals surface area contributed by atoms with Gasteiger partial charge in [0.2, 0.25) is 0 Å². The summed E-state index contributed by atoms with van der Waals surface area (Å²) in [6, 6.07) is 22.3. The van der Waals surface area contributed by atoms with Crippen molar-refractivity contribution >= 4 is 5.97 Å². The Kier molecular flexibility index (Phi) is 5.56. The van der Waals surface area contributed by atoms with Crippen LogP contribution in [-0.4, -0.2) is 22.7 Å². The summed E-state index contributed by atoms with van der Waals surface area (Å²) < 4.78 is 6.63. The molecule has 0 saturated heterocycles. The number of aliphatic carboxylic acids is 1. The molecule has 0 spiro atoms. The number of pyridine rings is 1. The molecule has 164 valence electrons. The monoisotopic (exact) mass is 427 g/mol. The number of aromatic nitrogens is 1. The number of nitrogens with zero attached hydrogens (tertiary/aromatic N) is 1. The van der Waals surface area contributed by atoms with Crippen LogP contribution < -0.4 is 0 Å². The molecule has 0 unspecified atom stereocenters. The fourth-order valence-electron chi connectivity index (χ4n) is 5.04. The van der Waals surface area contributed by atoms with Crippen molar-refractivity contribution in [1.82, 2.24) is 4.98 Å². The molecule has 0 atom stereocenters. The third-order valence-electron chi connectivity index (χ3n) is 7.35. The van der Waals surface area contributed by atoms with Crippen molar-refractivity contribution < 1.29 is 14.6 Å². The number of carboxylic acid groups (broad SMARTS) is 1. The molecule has 2 fully saturated rings. The van der Waals surface area contributed by atoms with E-state index < -0.39 is 17.0 Å². The highest BCUT2D eigenvalue weighted by atomic mass is 16.5. The molecule has 2 aliphatic rings. The van der Waals surface area contributed by atoms with E-state index in [9.17, 15) is 9.90 Å². The molecule has 2 aliphatic carbocycles. The molecule has 2 saturated carbocycles. The first kappa shape index (κ1) is 20.9. The van der Waals surface area contributed by atoms with Gasteiger partial charge in [0, 0.05) is 12.4 Å². The smallest absolute Gasteiger partial charge is 0.314 e. The van der Waals surface area contributed by atoms with Crippen molar-refractivity contribution in [3.63, 3.8) is 0 Å². The summed E-state index contributed by atoms with van der Waals surface area (Å²) in [4.78, 5) is 16.7. The van der Waals surface area contributed by atoms with Crippen molar-refractivity contribution in [3.8, 4) is 11.1 Å². The van der Waals surface area contributed by atoms with Gasteiger partial charge in [-0.2, -0.15) is 0 Å². The van der Waals surface area contributed by atoms with Crippen molar-refractivity contribution in [2.45, 2.75) is 49.5 Å². The Morgan fingerprint density at radius 1 is 0.875 bits per heavy atom. The van der Waals surface area contributed by atoms with Crippen LogP contribution in [-0.2, 0) is 20.5 Å². The van der Waals surface area contributed by atoms with Crippen LogP contribution in [0, 0.1) is 5.92 Å². The topological polar surface area (TPSA) is 59.4 Å². The molecule has 2 aromatic carbocycles. The summed E-state index contributed by atoms with van der Waals surface area (Å²) in [5.41, 5.74) is 2.99. The minimum atomic E-state index is -0.844. The zero-order chi connectivity index (χ0) is 22.0. The van der Waals surface area contributed by atoms with Crippen molar-refractivity contribution in [2.24, 2.45) is 5.92 Å². The van der Waals surface area contributed by atoms with Crippen molar-refractivity contribution in [2.75, 3.05) is 6.61 Å². The van der Waals surface area contributed by atoms with Crippen LogP contribution in [0.1, 0.15) is 49.7 Å². The predicted molar refractivity (Wildman–Crippen MR) is 124 cm³/mol. The summed E-state index contributed by atoms with van der Waals surface area (Å²) in [5, 5.41) is 10.2. The first-order valence-corrected chi connectivity index (χ1v) is 11.6. The first-order chi connectivity index (χ1) is 15.6. The van der Waals surface area contributed by atoms with Gasteiger partial charge in [-0.15, -0.1) is 0 Å². The van der Waals surface area contributed by atoms with E-state index in [0.29, 0.717) is 31.6 Å². The molecule has 0 amide bonds. The van der Waals surface area contributed by atoms with E-state index in [1.54, 1.807) is 6.20 Å². The van der Waals surface area contributed by atoms with E-state index in [2.05, 4.69) is 35.3 Å². The number of hydrogen-bond acceptors (Lipinski definition) is 3. The number of carboxylic acids is 1. The van der Waals surface area contributed by atoms with E-state index in [1.165, 1.54) is 12.8 Å². The number of hydrogen-bond donors (Lipinski definition) is 1. The number of carbonyl (C=O) groups is 1. The van der Waals surface area contributed by atoms with Gasteiger partial charge in [0.05, 0.1) is 17.6 Å². The normalized spacial score (nSPS) is 25.4. The molecule has 4 heteroatoms. The maximum absolute atomic E-state index is 12.5. The van der Waals surface area contributed by atoms with Crippen molar-refractivity contribution in [1.29, 1.82) is 0 Å². The van der Waals surface area contributed by atoms with E-state index >= 15 is 0 Å². The highest BCUT2D eigenvalue weighted by molar-refractivity contribution is 5.81. The Bertz CT molecular complexity index is 1050. The van der Waals surface area contributed by atoms with Gasteiger partial charge in [-0.25, -0.2) is 0 Å². The summed E-state index contributed by atoms with van der Waals surface area (Å²) in [5.74, 6) is -0.0757. The lowest BCUT2D eigenvalue weighted by Gasteiger charge is -2.45. The van der Waals surface area contributed by atoms with Gasteiger partial charge in [0.15, 0.2) is 0 Å². The molecule has 1 aromatic heterocycles. The zero-order valence-corrected chi connectivity index (χ0v) is 18.2.